The van der Waals surface area contributed by atoms with Crippen molar-refractivity contribution in [1.29, 1.82) is 0 Å². The van der Waals surface area contributed by atoms with E-state index in [0.29, 0.717) is 18.4 Å². The van der Waals surface area contributed by atoms with Crippen molar-refractivity contribution in [3.05, 3.63) is 68.0 Å². The lowest BCUT2D eigenvalue weighted by Gasteiger charge is -2.10. The first-order chi connectivity index (χ1) is 13.5. The monoisotopic (exact) mass is 457 g/mol. The summed E-state index contributed by atoms with van der Waals surface area (Å²) in [6.07, 6.45) is 0.438. The molecule has 0 bridgehead atoms. The van der Waals surface area contributed by atoms with Crippen LogP contribution in [0.5, 0.6) is 0 Å². The van der Waals surface area contributed by atoms with Gasteiger partial charge in [-0.15, -0.1) is 11.3 Å². The molecule has 0 atom stereocenters. The first kappa shape index (κ1) is 18.8. The number of hydrogen-bond acceptors (Lipinski definition) is 6. The van der Waals surface area contributed by atoms with Crippen LogP contribution in [0.15, 0.2) is 51.7 Å². The van der Waals surface area contributed by atoms with E-state index < -0.39 is 0 Å². The van der Waals surface area contributed by atoms with Crippen LogP contribution in [0.1, 0.15) is 17.6 Å². The van der Waals surface area contributed by atoms with Gasteiger partial charge in [-0.05, 0) is 24.3 Å². The zero-order chi connectivity index (χ0) is 19.7. The van der Waals surface area contributed by atoms with Gasteiger partial charge in [0.15, 0.2) is 0 Å². The van der Waals surface area contributed by atoms with E-state index >= 15 is 0 Å². The molecule has 0 saturated heterocycles. The Bertz CT molecular complexity index is 1250. The fourth-order valence-electron chi connectivity index (χ4n) is 3.03. The van der Waals surface area contributed by atoms with Crippen molar-refractivity contribution in [3.8, 4) is 0 Å². The number of rotatable bonds is 5. The molecular weight excluding hydrogens is 442 g/mol. The van der Waals surface area contributed by atoms with Crippen LogP contribution in [0.2, 0.25) is 0 Å². The number of esters is 1. The number of ether oxygens (including phenoxy) is 1. The molecule has 0 unspecified atom stereocenters. The molecule has 6 nitrogen and oxygen atoms in total. The number of fused-ring (bicyclic) bond motifs is 2. The van der Waals surface area contributed by atoms with E-state index in [-0.39, 0.29) is 18.1 Å². The Morgan fingerprint density at radius 3 is 2.79 bits per heavy atom. The fraction of sp³-hybridized carbons (Fsp3) is 0.200. The molecule has 2 aromatic heterocycles. The third-order valence-corrected chi connectivity index (χ3v) is 5.78. The van der Waals surface area contributed by atoms with E-state index in [1.807, 2.05) is 36.4 Å². The first-order valence-electron chi connectivity index (χ1n) is 8.68. The second kappa shape index (κ2) is 7.81. The van der Waals surface area contributed by atoms with Crippen LogP contribution in [0.4, 0.5) is 0 Å². The summed E-state index contributed by atoms with van der Waals surface area (Å²) in [4.78, 5) is 28.6. The number of carbonyl (C=O) groups excluding carboxylic acids is 1. The highest BCUT2D eigenvalue weighted by atomic mass is 79.9. The van der Waals surface area contributed by atoms with Crippen LogP contribution in [0.3, 0.4) is 0 Å². The average molecular weight is 458 g/mol. The number of halogens is 1. The lowest BCUT2D eigenvalue weighted by molar-refractivity contribution is -0.140. The van der Waals surface area contributed by atoms with E-state index in [9.17, 15) is 9.59 Å². The molecule has 0 aliphatic heterocycles. The number of thiazole rings is 1. The maximum atomic E-state index is 12.9. The van der Waals surface area contributed by atoms with Gasteiger partial charge in [-0.2, -0.15) is 5.10 Å². The normalized spacial score (nSPS) is 11.2. The zero-order valence-electron chi connectivity index (χ0n) is 15.0. The second-order valence-electron chi connectivity index (χ2n) is 6.26. The number of carbonyl (C=O) groups is 1. The summed E-state index contributed by atoms with van der Waals surface area (Å²) in [5.41, 5.74) is 1.45. The van der Waals surface area contributed by atoms with Gasteiger partial charge in [0.1, 0.15) is 5.01 Å². The molecule has 0 aliphatic rings. The molecule has 4 rings (SSSR count). The zero-order valence-corrected chi connectivity index (χ0v) is 17.4. The third kappa shape index (κ3) is 3.83. The Hall–Kier alpha value is -2.58. The quantitative estimate of drug-likeness (QED) is 0.424. The minimum absolute atomic E-state index is 0.160. The molecular formula is C20H16BrN3O3S. The predicted molar refractivity (Wildman–Crippen MR) is 113 cm³/mol. The van der Waals surface area contributed by atoms with E-state index in [4.69, 9.17) is 4.74 Å². The Balaban J connectivity index is 1.73. The molecule has 2 aromatic carbocycles. The van der Waals surface area contributed by atoms with E-state index in [1.54, 1.807) is 17.4 Å². The highest BCUT2D eigenvalue weighted by molar-refractivity contribution is 9.10. The first-order valence-corrected chi connectivity index (χ1v) is 10.3. The molecule has 0 aliphatic carbocycles. The maximum Gasteiger partial charge on any atom is 0.302 e. The topological polar surface area (TPSA) is 74.1 Å². The van der Waals surface area contributed by atoms with E-state index in [0.717, 1.165) is 30.8 Å². The number of aromatic nitrogens is 3. The van der Waals surface area contributed by atoms with Crippen molar-refractivity contribution in [1.82, 2.24) is 14.8 Å². The standard InChI is InChI=1S/C20H16BrN3O3S/c1-12(25)27-9-8-16-14-4-2-3-5-15(14)20(26)24(23-16)11-19-22-17-10-13(21)6-7-18(17)28-19/h2-7,10H,8-9,11H2,1H3. The van der Waals surface area contributed by atoms with Gasteiger partial charge < -0.3 is 4.74 Å². The molecule has 0 radical (unpaired) electrons. The SMILES string of the molecule is CC(=O)OCCc1nn(Cc2nc3cc(Br)ccc3s2)c(=O)c2ccccc12. The smallest absolute Gasteiger partial charge is 0.302 e. The Morgan fingerprint density at radius 2 is 2.00 bits per heavy atom. The van der Waals surface area contributed by atoms with Gasteiger partial charge in [0.05, 0.1) is 34.4 Å². The van der Waals surface area contributed by atoms with Crippen LogP contribution in [-0.4, -0.2) is 27.3 Å². The molecule has 4 aromatic rings. The van der Waals surface area contributed by atoms with Crippen LogP contribution < -0.4 is 5.56 Å². The summed E-state index contributed by atoms with van der Waals surface area (Å²) >= 11 is 4.99. The summed E-state index contributed by atoms with van der Waals surface area (Å²) in [5, 5.41) is 6.74. The van der Waals surface area contributed by atoms with Gasteiger partial charge in [0.25, 0.3) is 5.56 Å². The Labute approximate surface area is 172 Å². The number of hydrogen-bond donors (Lipinski definition) is 0. The average Bonchev–Trinajstić information content (AvgIpc) is 3.06. The van der Waals surface area contributed by atoms with Crippen LogP contribution >= 0.6 is 27.3 Å². The van der Waals surface area contributed by atoms with Gasteiger partial charge in [0.2, 0.25) is 0 Å². The van der Waals surface area contributed by atoms with Gasteiger partial charge in [0, 0.05) is 23.2 Å². The lowest BCUT2D eigenvalue weighted by Crippen LogP contribution is -2.25. The van der Waals surface area contributed by atoms with Crippen LogP contribution in [0.25, 0.3) is 21.0 Å². The summed E-state index contributed by atoms with van der Waals surface area (Å²) < 4.78 is 8.52. The van der Waals surface area contributed by atoms with Crippen molar-refractivity contribution in [3.63, 3.8) is 0 Å². The summed E-state index contributed by atoms with van der Waals surface area (Å²) in [6, 6.07) is 13.3. The molecule has 28 heavy (non-hydrogen) atoms. The molecule has 142 valence electrons. The van der Waals surface area contributed by atoms with Crippen molar-refractivity contribution < 1.29 is 9.53 Å². The number of benzene rings is 2. The fourth-order valence-corrected chi connectivity index (χ4v) is 4.31. The molecule has 2 heterocycles. The van der Waals surface area contributed by atoms with Crippen molar-refractivity contribution in [2.75, 3.05) is 6.61 Å². The van der Waals surface area contributed by atoms with E-state index in [1.165, 1.54) is 11.6 Å². The molecule has 0 saturated carbocycles. The minimum atomic E-state index is -0.335. The van der Waals surface area contributed by atoms with Crippen molar-refractivity contribution in [2.45, 2.75) is 19.9 Å². The third-order valence-electron chi connectivity index (χ3n) is 4.27. The summed E-state index contributed by atoms with van der Waals surface area (Å²) in [6.45, 7) is 1.89. The highest BCUT2D eigenvalue weighted by Gasteiger charge is 2.13. The van der Waals surface area contributed by atoms with Crippen LogP contribution in [0, 0.1) is 0 Å². The van der Waals surface area contributed by atoms with Gasteiger partial charge >= 0.3 is 5.97 Å². The molecule has 8 heteroatoms. The van der Waals surface area contributed by atoms with Gasteiger partial charge in [-0.25, -0.2) is 9.67 Å². The van der Waals surface area contributed by atoms with Crippen molar-refractivity contribution >= 4 is 54.2 Å². The van der Waals surface area contributed by atoms with Gasteiger partial charge in [-0.1, -0.05) is 34.1 Å². The van der Waals surface area contributed by atoms with Gasteiger partial charge in [-0.3, -0.25) is 9.59 Å². The minimum Gasteiger partial charge on any atom is -0.465 e. The predicted octanol–water partition coefficient (Wildman–Crippen LogP) is 3.92. The summed E-state index contributed by atoms with van der Waals surface area (Å²) in [5.74, 6) is -0.335. The Kier molecular flexibility index (Phi) is 5.23. The molecule has 0 fully saturated rings. The second-order valence-corrected chi connectivity index (χ2v) is 8.30. The van der Waals surface area contributed by atoms with E-state index in [2.05, 4.69) is 26.0 Å². The molecule has 0 spiro atoms. The summed E-state index contributed by atoms with van der Waals surface area (Å²) in [7, 11) is 0. The maximum absolute atomic E-state index is 12.9. The number of nitrogens with zero attached hydrogens (tertiary/aromatic N) is 3. The molecule has 0 amide bonds. The lowest BCUT2D eigenvalue weighted by atomic mass is 10.1. The Morgan fingerprint density at radius 1 is 1.21 bits per heavy atom. The highest BCUT2D eigenvalue weighted by Crippen LogP contribution is 2.25. The van der Waals surface area contributed by atoms with Crippen LogP contribution in [-0.2, 0) is 22.5 Å². The van der Waals surface area contributed by atoms with Crippen molar-refractivity contribution in [2.24, 2.45) is 0 Å². The molecule has 0 N–H and O–H groups in total. The largest absolute Gasteiger partial charge is 0.465 e.